The predicted octanol–water partition coefficient (Wildman–Crippen LogP) is 4.55. The molecule has 0 atom stereocenters. The lowest BCUT2D eigenvalue weighted by Crippen LogP contribution is -2.07. The molecule has 3 aromatic rings. The normalized spacial score (nSPS) is 10.8. The lowest BCUT2D eigenvalue weighted by Gasteiger charge is -2.04. The number of hydrogen-bond donors (Lipinski definition) is 0. The Hall–Kier alpha value is -1.79. The van der Waals surface area contributed by atoms with Gasteiger partial charge in [-0.05, 0) is 30.3 Å². The van der Waals surface area contributed by atoms with Crippen LogP contribution in [0.5, 0.6) is 0 Å². The number of fused-ring (bicyclic) bond motifs is 1. The summed E-state index contributed by atoms with van der Waals surface area (Å²) in [5.41, 5.74) is 0.771. The highest BCUT2D eigenvalue weighted by Crippen LogP contribution is 2.23. The van der Waals surface area contributed by atoms with Crippen molar-refractivity contribution < 1.29 is 13.9 Å². The van der Waals surface area contributed by atoms with Crippen LogP contribution in [0.15, 0.2) is 46.9 Å². The molecule has 0 aliphatic carbocycles. The zero-order valence-electron chi connectivity index (χ0n) is 10.7. The van der Waals surface area contributed by atoms with Gasteiger partial charge in [0.05, 0.1) is 15.8 Å². The molecular formula is C15H9BrFNO2S. The molecule has 106 valence electrons. The van der Waals surface area contributed by atoms with Gasteiger partial charge < -0.3 is 4.74 Å². The van der Waals surface area contributed by atoms with Crippen LogP contribution < -0.4 is 0 Å². The zero-order chi connectivity index (χ0) is 14.8. The molecule has 0 N–H and O–H groups in total. The van der Waals surface area contributed by atoms with Crippen molar-refractivity contribution in [3.8, 4) is 0 Å². The predicted molar refractivity (Wildman–Crippen MR) is 82.8 cm³/mol. The molecule has 0 saturated carbocycles. The van der Waals surface area contributed by atoms with Crippen molar-refractivity contribution >= 4 is 43.5 Å². The number of carbonyl (C=O) groups is 1. The van der Waals surface area contributed by atoms with Gasteiger partial charge in [-0.15, -0.1) is 11.3 Å². The second-order valence-corrected chi connectivity index (χ2v) is 6.31. The summed E-state index contributed by atoms with van der Waals surface area (Å²) in [6.07, 6.45) is 0. The van der Waals surface area contributed by atoms with Crippen molar-refractivity contribution in [3.63, 3.8) is 0 Å². The molecule has 1 heterocycles. The second kappa shape index (κ2) is 5.91. The molecule has 3 rings (SSSR count). The quantitative estimate of drug-likeness (QED) is 0.639. The average molecular weight is 366 g/mol. The number of ether oxygens (including phenoxy) is 1. The van der Waals surface area contributed by atoms with Crippen LogP contribution in [0.1, 0.15) is 15.4 Å². The monoisotopic (exact) mass is 365 g/mol. The summed E-state index contributed by atoms with van der Waals surface area (Å²) in [4.78, 5) is 16.3. The van der Waals surface area contributed by atoms with Gasteiger partial charge in [-0.1, -0.05) is 28.1 Å². The van der Waals surface area contributed by atoms with E-state index in [1.54, 1.807) is 0 Å². The largest absolute Gasteiger partial charge is 0.455 e. The van der Waals surface area contributed by atoms with E-state index in [1.165, 1.54) is 29.5 Å². The van der Waals surface area contributed by atoms with Crippen molar-refractivity contribution in [1.82, 2.24) is 4.98 Å². The van der Waals surface area contributed by atoms with Crippen LogP contribution in [0.25, 0.3) is 10.2 Å². The summed E-state index contributed by atoms with van der Waals surface area (Å²) in [6, 6.07) is 11.8. The second-order valence-electron chi connectivity index (χ2n) is 4.28. The van der Waals surface area contributed by atoms with Crippen LogP contribution in [0, 0.1) is 5.82 Å². The molecule has 0 saturated heterocycles. The van der Waals surface area contributed by atoms with E-state index >= 15 is 0 Å². The molecule has 0 radical (unpaired) electrons. The fourth-order valence-corrected chi connectivity index (χ4v) is 3.08. The Morgan fingerprint density at radius 2 is 2.10 bits per heavy atom. The molecule has 0 amide bonds. The Morgan fingerprint density at radius 3 is 2.90 bits per heavy atom. The van der Waals surface area contributed by atoms with Gasteiger partial charge in [0.2, 0.25) is 0 Å². The molecule has 0 unspecified atom stereocenters. The Bertz CT molecular complexity index is 785. The summed E-state index contributed by atoms with van der Waals surface area (Å²) in [5.74, 6) is -1.31. The standard InChI is InChI=1S/C15H9BrFNO2S/c16-9-5-6-11(17)10(7-9)15(19)20-8-14-18-12-3-1-2-4-13(12)21-14/h1-7H,8H2. The molecule has 0 fully saturated rings. The van der Waals surface area contributed by atoms with E-state index in [4.69, 9.17) is 4.74 Å². The van der Waals surface area contributed by atoms with Crippen LogP contribution in [-0.4, -0.2) is 11.0 Å². The van der Waals surface area contributed by atoms with Gasteiger partial charge in [0.25, 0.3) is 0 Å². The third kappa shape index (κ3) is 3.11. The van der Waals surface area contributed by atoms with E-state index in [0.717, 1.165) is 10.2 Å². The molecule has 21 heavy (non-hydrogen) atoms. The van der Waals surface area contributed by atoms with Gasteiger partial charge in [-0.25, -0.2) is 14.2 Å². The number of nitrogens with zero attached hydrogens (tertiary/aromatic N) is 1. The van der Waals surface area contributed by atoms with E-state index in [1.807, 2.05) is 24.3 Å². The van der Waals surface area contributed by atoms with Gasteiger partial charge in [-0.3, -0.25) is 0 Å². The molecular weight excluding hydrogens is 357 g/mol. The number of halogens is 2. The van der Waals surface area contributed by atoms with Crippen LogP contribution >= 0.6 is 27.3 Å². The van der Waals surface area contributed by atoms with Gasteiger partial charge in [0.15, 0.2) is 0 Å². The molecule has 0 aliphatic rings. The molecule has 3 nitrogen and oxygen atoms in total. The number of para-hydroxylation sites is 1. The Morgan fingerprint density at radius 1 is 1.29 bits per heavy atom. The highest BCUT2D eigenvalue weighted by Gasteiger charge is 2.14. The van der Waals surface area contributed by atoms with Gasteiger partial charge in [0.1, 0.15) is 17.4 Å². The SMILES string of the molecule is O=C(OCc1nc2ccccc2s1)c1cc(Br)ccc1F. The van der Waals surface area contributed by atoms with Crippen LogP contribution in [-0.2, 0) is 11.3 Å². The van der Waals surface area contributed by atoms with Crippen molar-refractivity contribution in [2.45, 2.75) is 6.61 Å². The minimum absolute atomic E-state index is 0.0319. The topological polar surface area (TPSA) is 39.2 Å². The Balaban J connectivity index is 1.74. The number of benzene rings is 2. The van der Waals surface area contributed by atoms with E-state index < -0.39 is 11.8 Å². The number of aromatic nitrogens is 1. The molecule has 0 spiro atoms. The average Bonchev–Trinajstić information content (AvgIpc) is 2.90. The van der Waals surface area contributed by atoms with Gasteiger partial charge in [-0.2, -0.15) is 0 Å². The maximum atomic E-state index is 13.6. The third-order valence-electron chi connectivity index (χ3n) is 2.81. The maximum absolute atomic E-state index is 13.6. The number of rotatable bonds is 3. The molecule has 6 heteroatoms. The molecule has 2 aromatic carbocycles. The van der Waals surface area contributed by atoms with E-state index in [-0.39, 0.29) is 12.2 Å². The first-order valence-corrected chi connectivity index (χ1v) is 7.71. The maximum Gasteiger partial charge on any atom is 0.341 e. The van der Waals surface area contributed by atoms with Crippen LogP contribution in [0.4, 0.5) is 4.39 Å². The Kier molecular flexibility index (Phi) is 3.98. The number of carbonyl (C=O) groups excluding carboxylic acids is 1. The van der Waals surface area contributed by atoms with Gasteiger partial charge in [0, 0.05) is 4.47 Å². The first kappa shape index (κ1) is 14.2. The fraction of sp³-hybridized carbons (Fsp3) is 0.0667. The van der Waals surface area contributed by atoms with E-state index in [9.17, 15) is 9.18 Å². The highest BCUT2D eigenvalue weighted by atomic mass is 79.9. The van der Waals surface area contributed by atoms with Crippen molar-refractivity contribution in [2.24, 2.45) is 0 Å². The molecule has 0 bridgehead atoms. The zero-order valence-corrected chi connectivity index (χ0v) is 13.1. The third-order valence-corrected chi connectivity index (χ3v) is 4.32. The van der Waals surface area contributed by atoms with Crippen molar-refractivity contribution in [3.05, 3.63) is 63.3 Å². The summed E-state index contributed by atoms with van der Waals surface area (Å²) in [6.45, 7) is 0.0319. The fourth-order valence-electron chi connectivity index (χ4n) is 1.84. The van der Waals surface area contributed by atoms with Crippen LogP contribution in [0.2, 0.25) is 0 Å². The van der Waals surface area contributed by atoms with E-state index in [0.29, 0.717) is 9.48 Å². The minimum atomic E-state index is -0.701. The Labute approximate surface area is 132 Å². The highest BCUT2D eigenvalue weighted by molar-refractivity contribution is 9.10. The van der Waals surface area contributed by atoms with Gasteiger partial charge >= 0.3 is 5.97 Å². The van der Waals surface area contributed by atoms with Crippen molar-refractivity contribution in [2.75, 3.05) is 0 Å². The van der Waals surface area contributed by atoms with E-state index in [2.05, 4.69) is 20.9 Å². The first-order valence-electron chi connectivity index (χ1n) is 6.10. The minimum Gasteiger partial charge on any atom is -0.455 e. The first-order chi connectivity index (χ1) is 10.1. The lowest BCUT2D eigenvalue weighted by molar-refractivity contribution is 0.0467. The number of hydrogen-bond acceptors (Lipinski definition) is 4. The lowest BCUT2D eigenvalue weighted by atomic mass is 10.2. The summed E-state index contributed by atoms with van der Waals surface area (Å²) < 4.78 is 20.4. The van der Waals surface area contributed by atoms with Crippen molar-refractivity contribution in [1.29, 1.82) is 0 Å². The number of thiazole rings is 1. The smallest absolute Gasteiger partial charge is 0.341 e. The van der Waals surface area contributed by atoms with Crippen LogP contribution in [0.3, 0.4) is 0 Å². The molecule has 1 aromatic heterocycles. The molecule has 0 aliphatic heterocycles. The summed E-state index contributed by atoms with van der Waals surface area (Å²) >= 11 is 4.65. The summed E-state index contributed by atoms with van der Waals surface area (Å²) in [5, 5.41) is 0.681. The summed E-state index contributed by atoms with van der Waals surface area (Å²) in [7, 11) is 0. The number of esters is 1.